The highest BCUT2D eigenvalue weighted by atomic mass is 32.1. The minimum Gasteiger partial charge on any atom is -0.455 e. The number of rotatable bonds is 4. The third-order valence-electron chi connectivity index (χ3n) is 11.6. The van der Waals surface area contributed by atoms with Crippen LogP contribution < -0.4 is 0 Å². The Balaban J connectivity index is 1.27. The van der Waals surface area contributed by atoms with E-state index in [1.54, 1.807) is 0 Å². The molecular weight excluding hydrogens is 697 g/mol. The van der Waals surface area contributed by atoms with Crippen LogP contribution in [-0.4, -0.2) is 0 Å². The van der Waals surface area contributed by atoms with Gasteiger partial charge in [0.05, 0.1) is 0 Å². The zero-order valence-electron chi connectivity index (χ0n) is 30.3. The average Bonchev–Trinajstić information content (AvgIpc) is 3.83. The van der Waals surface area contributed by atoms with E-state index >= 15 is 0 Å². The number of hydrogen-bond donors (Lipinski definition) is 0. The molecule has 0 saturated carbocycles. The van der Waals surface area contributed by atoms with Gasteiger partial charge in [0.15, 0.2) is 0 Å². The van der Waals surface area contributed by atoms with Crippen molar-refractivity contribution in [1.29, 1.82) is 0 Å². The Hall–Kier alpha value is -7.00. The molecule has 0 aliphatic carbocycles. The first-order valence-corrected chi connectivity index (χ1v) is 20.0. The zero-order valence-corrected chi connectivity index (χ0v) is 31.1. The summed E-state index contributed by atoms with van der Waals surface area (Å²) in [7, 11) is 0. The van der Waals surface area contributed by atoms with Gasteiger partial charge in [0, 0.05) is 47.8 Å². The molecule has 2 aromatic heterocycles. The monoisotopic (exact) mass is 728 g/mol. The number of hydrogen-bond acceptors (Lipinski definition) is 2. The molecule has 2 heterocycles. The van der Waals surface area contributed by atoms with Crippen LogP contribution in [-0.2, 0) is 0 Å². The van der Waals surface area contributed by atoms with Crippen LogP contribution in [0.4, 0.5) is 0 Å². The molecule has 260 valence electrons. The van der Waals surface area contributed by atoms with Crippen LogP contribution in [0.5, 0.6) is 0 Å². The highest BCUT2D eigenvalue weighted by Gasteiger charge is 2.27. The summed E-state index contributed by atoms with van der Waals surface area (Å²) in [6.45, 7) is 0. The topological polar surface area (TPSA) is 13.1 Å². The fourth-order valence-electron chi connectivity index (χ4n) is 9.12. The molecule has 12 rings (SSSR count). The van der Waals surface area contributed by atoms with Crippen molar-refractivity contribution in [2.75, 3.05) is 0 Å². The minimum atomic E-state index is 0.890. The van der Waals surface area contributed by atoms with Gasteiger partial charge in [0.25, 0.3) is 0 Å². The molecule has 0 unspecified atom stereocenters. The molecular formula is C54H32OS. The Morgan fingerprint density at radius 2 is 0.821 bits per heavy atom. The molecule has 10 aromatic carbocycles. The molecule has 2 heteroatoms. The van der Waals surface area contributed by atoms with E-state index in [1.165, 1.54) is 80.0 Å². The Morgan fingerprint density at radius 1 is 0.304 bits per heavy atom. The first-order chi connectivity index (χ1) is 27.8. The van der Waals surface area contributed by atoms with Gasteiger partial charge in [-0.25, -0.2) is 0 Å². The van der Waals surface area contributed by atoms with E-state index in [0.717, 1.165) is 39.0 Å². The maximum atomic E-state index is 7.45. The summed E-state index contributed by atoms with van der Waals surface area (Å²) in [5.74, 6) is 0.890. The largest absolute Gasteiger partial charge is 0.455 e. The van der Waals surface area contributed by atoms with Crippen LogP contribution in [0.15, 0.2) is 199 Å². The quantitative estimate of drug-likeness (QED) is 0.165. The van der Waals surface area contributed by atoms with Gasteiger partial charge in [0.2, 0.25) is 0 Å². The first-order valence-electron chi connectivity index (χ1n) is 19.2. The second-order valence-corrected chi connectivity index (χ2v) is 15.8. The Bertz CT molecular complexity index is 3470. The summed E-state index contributed by atoms with van der Waals surface area (Å²) in [6, 6.07) is 70.8. The lowest BCUT2D eigenvalue weighted by Crippen LogP contribution is -1.91. The Morgan fingerprint density at radius 3 is 1.48 bits per heavy atom. The van der Waals surface area contributed by atoms with E-state index in [0.29, 0.717) is 0 Å². The van der Waals surface area contributed by atoms with Crippen molar-refractivity contribution >= 4 is 85.6 Å². The summed E-state index contributed by atoms with van der Waals surface area (Å²) in [5.41, 5.74) is 9.08. The van der Waals surface area contributed by atoms with Crippen LogP contribution in [0.2, 0.25) is 0 Å². The lowest BCUT2D eigenvalue weighted by atomic mass is 9.84. The molecule has 1 nitrogen and oxygen atoms in total. The maximum Gasteiger partial charge on any atom is 0.144 e. The third-order valence-corrected chi connectivity index (χ3v) is 12.8. The average molecular weight is 729 g/mol. The zero-order chi connectivity index (χ0) is 36.7. The van der Waals surface area contributed by atoms with E-state index in [-0.39, 0.29) is 0 Å². The van der Waals surface area contributed by atoms with Crippen molar-refractivity contribution in [1.82, 2.24) is 0 Å². The molecule has 0 atom stereocenters. The van der Waals surface area contributed by atoms with Crippen molar-refractivity contribution in [2.45, 2.75) is 0 Å². The summed E-state index contributed by atoms with van der Waals surface area (Å²) in [4.78, 5) is 0. The number of fused-ring (bicyclic) bond motifs is 8. The van der Waals surface area contributed by atoms with Crippen LogP contribution >= 0.6 is 11.3 Å². The van der Waals surface area contributed by atoms with Crippen molar-refractivity contribution in [2.24, 2.45) is 0 Å². The fourth-order valence-corrected chi connectivity index (χ4v) is 10.3. The Kier molecular flexibility index (Phi) is 6.87. The van der Waals surface area contributed by atoms with Gasteiger partial charge in [-0.05, 0) is 84.0 Å². The van der Waals surface area contributed by atoms with E-state index in [2.05, 4.69) is 194 Å². The summed E-state index contributed by atoms with van der Waals surface area (Å²) in [6.07, 6.45) is 0. The molecule has 0 aliphatic heterocycles. The molecule has 0 aliphatic rings. The van der Waals surface area contributed by atoms with Gasteiger partial charge in [-0.3, -0.25) is 0 Å². The molecule has 0 bridgehead atoms. The van der Waals surface area contributed by atoms with Gasteiger partial charge in [0.1, 0.15) is 11.3 Å². The number of thiophene rings is 1. The molecule has 0 radical (unpaired) electrons. The SMILES string of the molecule is c1ccc(-c2c(-c3ccc4ccccc4c3)oc3c(-c4c5ccccc5c(-c5ccc6ccccc6c5)c5ccccc45)c4sc5ccccc5c4cc23)cc1. The highest BCUT2D eigenvalue weighted by Crippen LogP contribution is 2.54. The van der Waals surface area contributed by atoms with Crippen LogP contribution in [0.1, 0.15) is 0 Å². The predicted molar refractivity (Wildman–Crippen MR) is 241 cm³/mol. The fraction of sp³-hybridized carbons (Fsp3) is 0. The smallest absolute Gasteiger partial charge is 0.144 e. The molecule has 0 amide bonds. The van der Waals surface area contributed by atoms with E-state index in [1.807, 2.05) is 11.3 Å². The standard InChI is InChI=1S/C54H32OS/c1-2-16-35(17-3-1)49-46-32-45-40-20-12-13-25-47(40)56-54(45)51(53(46)55-52(49)39-29-27-34-15-5-7-19-37(34)31-39)50-43-23-10-8-21-41(43)48(42-22-9-11-24-44(42)50)38-28-26-33-14-4-6-18-36(33)30-38/h1-32H. The Labute approximate surface area is 327 Å². The molecule has 56 heavy (non-hydrogen) atoms. The predicted octanol–water partition coefficient (Wildman–Crippen LogP) is 16.1. The summed E-state index contributed by atoms with van der Waals surface area (Å²) in [5, 5.41) is 13.4. The molecule has 0 spiro atoms. The molecule has 0 saturated heterocycles. The van der Waals surface area contributed by atoms with Crippen molar-refractivity contribution in [3.8, 4) is 44.7 Å². The minimum absolute atomic E-state index is 0.890. The van der Waals surface area contributed by atoms with Crippen LogP contribution in [0.25, 0.3) is 119 Å². The van der Waals surface area contributed by atoms with Gasteiger partial charge in [-0.1, -0.05) is 170 Å². The van der Waals surface area contributed by atoms with Crippen molar-refractivity contribution in [3.63, 3.8) is 0 Å². The van der Waals surface area contributed by atoms with Crippen LogP contribution in [0, 0.1) is 0 Å². The van der Waals surface area contributed by atoms with Gasteiger partial charge in [-0.15, -0.1) is 11.3 Å². The molecule has 12 aromatic rings. The maximum absolute atomic E-state index is 7.45. The molecule has 0 fully saturated rings. The normalized spacial score (nSPS) is 11.9. The lowest BCUT2D eigenvalue weighted by molar-refractivity contribution is 0.634. The van der Waals surface area contributed by atoms with E-state index in [4.69, 9.17) is 4.42 Å². The van der Waals surface area contributed by atoms with E-state index in [9.17, 15) is 0 Å². The first kappa shape index (κ1) is 31.4. The van der Waals surface area contributed by atoms with Gasteiger partial charge < -0.3 is 4.42 Å². The lowest BCUT2D eigenvalue weighted by Gasteiger charge is -2.18. The van der Waals surface area contributed by atoms with Gasteiger partial charge in [-0.2, -0.15) is 0 Å². The van der Waals surface area contributed by atoms with E-state index < -0.39 is 0 Å². The summed E-state index contributed by atoms with van der Waals surface area (Å²) >= 11 is 1.87. The van der Waals surface area contributed by atoms with Crippen molar-refractivity contribution < 1.29 is 4.42 Å². The number of benzene rings is 10. The summed E-state index contributed by atoms with van der Waals surface area (Å²) < 4.78 is 9.96. The highest BCUT2D eigenvalue weighted by molar-refractivity contribution is 7.26. The molecule has 0 N–H and O–H groups in total. The second kappa shape index (κ2) is 12.3. The number of furan rings is 1. The van der Waals surface area contributed by atoms with Gasteiger partial charge >= 0.3 is 0 Å². The second-order valence-electron chi connectivity index (χ2n) is 14.7. The van der Waals surface area contributed by atoms with Crippen LogP contribution in [0.3, 0.4) is 0 Å². The van der Waals surface area contributed by atoms with Crippen molar-refractivity contribution in [3.05, 3.63) is 194 Å². The third kappa shape index (κ3) is 4.67.